The third-order valence-corrected chi connectivity index (χ3v) is 2.81. The largest absolute Gasteiger partial charge is 0.398 e. The summed E-state index contributed by atoms with van der Waals surface area (Å²) in [5.74, 6) is 0.489. The summed E-state index contributed by atoms with van der Waals surface area (Å²) in [4.78, 5) is 14.3. The number of nitrogens with one attached hydrogen (secondary N) is 1. The first-order chi connectivity index (χ1) is 8.08. The van der Waals surface area contributed by atoms with Crippen LogP contribution < -0.4 is 11.3 Å². The third-order valence-electron chi connectivity index (χ3n) is 2.81. The lowest BCUT2D eigenvalue weighted by Crippen LogP contribution is -2.08. The van der Waals surface area contributed by atoms with Crippen LogP contribution in [0.2, 0.25) is 0 Å². The lowest BCUT2D eigenvalue weighted by molar-refractivity contribution is 0.867. The van der Waals surface area contributed by atoms with E-state index in [1.807, 2.05) is 24.3 Å². The molecule has 0 aliphatic carbocycles. The SMILES string of the molecule is CC(C)c1ccc(-c2cc(N)c[nH]c2=O)cc1. The number of pyridine rings is 1. The molecule has 0 spiro atoms. The summed E-state index contributed by atoms with van der Waals surface area (Å²) in [5.41, 5.74) is 8.88. The van der Waals surface area contributed by atoms with E-state index < -0.39 is 0 Å². The highest BCUT2D eigenvalue weighted by Gasteiger charge is 2.05. The normalized spacial score (nSPS) is 10.8. The number of benzene rings is 1. The van der Waals surface area contributed by atoms with E-state index in [4.69, 9.17) is 5.73 Å². The molecule has 0 bridgehead atoms. The van der Waals surface area contributed by atoms with Crippen LogP contribution in [0.25, 0.3) is 11.1 Å². The van der Waals surface area contributed by atoms with E-state index in [9.17, 15) is 4.79 Å². The maximum Gasteiger partial charge on any atom is 0.255 e. The maximum atomic E-state index is 11.7. The van der Waals surface area contributed by atoms with Crippen molar-refractivity contribution in [3.63, 3.8) is 0 Å². The lowest BCUT2D eigenvalue weighted by Gasteiger charge is -2.07. The molecular weight excluding hydrogens is 212 g/mol. The summed E-state index contributed by atoms with van der Waals surface area (Å²) >= 11 is 0. The number of nitrogens with two attached hydrogens (primary N) is 1. The summed E-state index contributed by atoms with van der Waals surface area (Å²) in [6.07, 6.45) is 1.51. The molecule has 0 radical (unpaired) electrons. The van der Waals surface area contributed by atoms with Gasteiger partial charge < -0.3 is 10.7 Å². The van der Waals surface area contributed by atoms with Gasteiger partial charge in [0.2, 0.25) is 0 Å². The first-order valence-corrected chi connectivity index (χ1v) is 5.66. The van der Waals surface area contributed by atoms with Gasteiger partial charge in [0, 0.05) is 17.4 Å². The fourth-order valence-corrected chi connectivity index (χ4v) is 1.76. The topological polar surface area (TPSA) is 58.9 Å². The van der Waals surface area contributed by atoms with Crippen molar-refractivity contribution in [1.29, 1.82) is 0 Å². The van der Waals surface area contributed by atoms with Crippen LogP contribution >= 0.6 is 0 Å². The quantitative estimate of drug-likeness (QED) is 0.830. The Morgan fingerprint density at radius 1 is 1.18 bits per heavy atom. The second kappa shape index (κ2) is 4.45. The molecule has 2 aromatic rings. The molecule has 88 valence electrons. The van der Waals surface area contributed by atoms with Gasteiger partial charge in [0.05, 0.1) is 0 Å². The van der Waals surface area contributed by atoms with Crippen molar-refractivity contribution in [1.82, 2.24) is 4.98 Å². The number of aromatic amines is 1. The predicted octanol–water partition coefficient (Wildman–Crippen LogP) is 2.75. The Labute approximate surface area is 100 Å². The highest BCUT2D eigenvalue weighted by atomic mass is 16.1. The third kappa shape index (κ3) is 2.38. The molecule has 0 amide bonds. The van der Waals surface area contributed by atoms with E-state index in [1.54, 1.807) is 6.07 Å². The first kappa shape index (κ1) is 11.5. The Morgan fingerprint density at radius 2 is 1.82 bits per heavy atom. The van der Waals surface area contributed by atoms with Gasteiger partial charge in [-0.15, -0.1) is 0 Å². The molecule has 0 saturated carbocycles. The Kier molecular flexibility index (Phi) is 3.00. The zero-order valence-corrected chi connectivity index (χ0v) is 10.0. The Balaban J connectivity index is 2.46. The smallest absolute Gasteiger partial charge is 0.255 e. The van der Waals surface area contributed by atoms with Crippen LogP contribution in [0.4, 0.5) is 5.69 Å². The molecule has 0 aliphatic rings. The molecule has 17 heavy (non-hydrogen) atoms. The van der Waals surface area contributed by atoms with E-state index in [0.29, 0.717) is 17.2 Å². The molecule has 1 heterocycles. The number of hydrogen-bond acceptors (Lipinski definition) is 2. The minimum atomic E-state index is -0.114. The zero-order chi connectivity index (χ0) is 12.4. The number of anilines is 1. The number of hydrogen-bond donors (Lipinski definition) is 2. The summed E-state index contributed by atoms with van der Waals surface area (Å²) < 4.78 is 0. The molecule has 3 N–H and O–H groups in total. The van der Waals surface area contributed by atoms with Gasteiger partial charge in [-0.05, 0) is 23.1 Å². The average molecular weight is 228 g/mol. The second-order valence-electron chi connectivity index (χ2n) is 4.45. The Bertz CT molecular complexity index is 568. The summed E-state index contributed by atoms with van der Waals surface area (Å²) in [7, 11) is 0. The van der Waals surface area contributed by atoms with Gasteiger partial charge in [0.15, 0.2) is 0 Å². The van der Waals surface area contributed by atoms with Gasteiger partial charge in [0.25, 0.3) is 5.56 Å². The van der Waals surface area contributed by atoms with E-state index in [-0.39, 0.29) is 5.56 Å². The summed E-state index contributed by atoms with van der Waals surface area (Å²) in [6, 6.07) is 9.70. The van der Waals surface area contributed by atoms with Gasteiger partial charge in [0.1, 0.15) is 0 Å². The van der Waals surface area contributed by atoms with Crippen molar-refractivity contribution in [2.45, 2.75) is 19.8 Å². The molecular formula is C14H16N2O. The van der Waals surface area contributed by atoms with E-state index in [0.717, 1.165) is 5.56 Å². The van der Waals surface area contributed by atoms with Gasteiger partial charge in [-0.25, -0.2) is 0 Å². The van der Waals surface area contributed by atoms with Crippen LogP contribution in [-0.2, 0) is 0 Å². The van der Waals surface area contributed by atoms with Crippen molar-refractivity contribution in [3.8, 4) is 11.1 Å². The fraction of sp³-hybridized carbons (Fsp3) is 0.214. The Hall–Kier alpha value is -2.03. The molecule has 1 aromatic carbocycles. The molecule has 2 rings (SSSR count). The summed E-state index contributed by atoms with van der Waals surface area (Å²) in [5, 5.41) is 0. The van der Waals surface area contributed by atoms with E-state index in [1.165, 1.54) is 11.8 Å². The maximum absolute atomic E-state index is 11.7. The average Bonchev–Trinajstić information content (AvgIpc) is 2.32. The molecule has 3 nitrogen and oxygen atoms in total. The first-order valence-electron chi connectivity index (χ1n) is 5.66. The van der Waals surface area contributed by atoms with Crippen molar-refractivity contribution in [2.75, 3.05) is 5.73 Å². The number of rotatable bonds is 2. The van der Waals surface area contributed by atoms with Crippen LogP contribution in [0, 0.1) is 0 Å². The van der Waals surface area contributed by atoms with Crippen LogP contribution in [-0.4, -0.2) is 4.98 Å². The Morgan fingerprint density at radius 3 is 2.41 bits per heavy atom. The fourth-order valence-electron chi connectivity index (χ4n) is 1.76. The number of aromatic nitrogens is 1. The molecule has 1 aromatic heterocycles. The lowest BCUT2D eigenvalue weighted by atomic mass is 9.99. The van der Waals surface area contributed by atoms with Crippen molar-refractivity contribution < 1.29 is 0 Å². The molecule has 0 saturated heterocycles. The minimum absolute atomic E-state index is 0.114. The zero-order valence-electron chi connectivity index (χ0n) is 10.0. The van der Waals surface area contributed by atoms with Crippen molar-refractivity contribution in [2.24, 2.45) is 0 Å². The van der Waals surface area contributed by atoms with Crippen molar-refractivity contribution >= 4 is 5.69 Å². The second-order valence-corrected chi connectivity index (χ2v) is 4.45. The molecule has 3 heteroatoms. The predicted molar refractivity (Wildman–Crippen MR) is 71.0 cm³/mol. The minimum Gasteiger partial charge on any atom is -0.398 e. The van der Waals surface area contributed by atoms with Gasteiger partial charge in [-0.3, -0.25) is 4.79 Å². The van der Waals surface area contributed by atoms with E-state index in [2.05, 4.69) is 18.8 Å². The molecule has 0 atom stereocenters. The molecule has 0 fully saturated rings. The van der Waals surface area contributed by atoms with Gasteiger partial charge in [-0.1, -0.05) is 38.1 Å². The highest BCUT2D eigenvalue weighted by molar-refractivity contribution is 5.66. The van der Waals surface area contributed by atoms with Gasteiger partial charge >= 0.3 is 0 Å². The molecule has 0 unspecified atom stereocenters. The van der Waals surface area contributed by atoms with Crippen molar-refractivity contribution in [3.05, 3.63) is 52.4 Å². The molecule has 0 aliphatic heterocycles. The van der Waals surface area contributed by atoms with E-state index >= 15 is 0 Å². The van der Waals surface area contributed by atoms with Crippen LogP contribution in [0.1, 0.15) is 25.3 Å². The summed E-state index contributed by atoms with van der Waals surface area (Å²) in [6.45, 7) is 4.28. The van der Waals surface area contributed by atoms with Gasteiger partial charge in [-0.2, -0.15) is 0 Å². The van der Waals surface area contributed by atoms with Crippen LogP contribution in [0.3, 0.4) is 0 Å². The monoisotopic (exact) mass is 228 g/mol. The number of nitrogen functional groups attached to an aromatic ring is 1. The van der Waals surface area contributed by atoms with Crippen LogP contribution in [0.15, 0.2) is 41.3 Å². The number of H-pyrrole nitrogens is 1. The highest BCUT2D eigenvalue weighted by Crippen LogP contribution is 2.21. The standard InChI is InChI=1S/C14H16N2O/c1-9(2)10-3-5-11(6-4-10)13-7-12(15)8-16-14(13)17/h3-9H,15H2,1-2H3,(H,16,17). The van der Waals surface area contributed by atoms with Crippen LogP contribution in [0.5, 0.6) is 0 Å².